The summed E-state index contributed by atoms with van der Waals surface area (Å²) in [6, 6.07) is 12.4. The molecule has 1 N–H and O–H groups in total. The van der Waals surface area contributed by atoms with Gasteiger partial charge in [-0.15, -0.1) is 0 Å². The molecule has 3 heteroatoms. The van der Waals surface area contributed by atoms with Crippen LogP contribution in [0.5, 0.6) is 5.75 Å². The van der Waals surface area contributed by atoms with Crippen LogP contribution in [0.1, 0.15) is 42.2 Å². The molecular weight excluding hydrogens is 255 g/mol. The summed E-state index contributed by atoms with van der Waals surface area (Å²) in [5, 5.41) is 10.2. The van der Waals surface area contributed by atoms with Crippen LogP contribution in [0, 0.1) is 5.82 Å². The summed E-state index contributed by atoms with van der Waals surface area (Å²) in [5.41, 5.74) is 2.93. The quantitative estimate of drug-likeness (QED) is 0.897. The van der Waals surface area contributed by atoms with E-state index in [2.05, 4.69) is 19.1 Å². The highest BCUT2D eigenvalue weighted by Crippen LogP contribution is 2.40. The largest absolute Gasteiger partial charge is 0.485 e. The number of hydrogen-bond acceptors (Lipinski definition) is 2. The standard InChI is InChI=1S/C17H17FO2/c1-2-11-3-5-12(6-4-11)16-10-15(19)14-8-7-13(18)9-17(14)20-16/h3-9,15-16,19H,2,10H2,1H3. The molecule has 3 rings (SSSR count). The molecule has 2 aromatic rings. The average Bonchev–Trinajstić information content (AvgIpc) is 2.46. The van der Waals surface area contributed by atoms with Crippen LogP contribution in [-0.4, -0.2) is 5.11 Å². The van der Waals surface area contributed by atoms with Crippen LogP contribution in [0.25, 0.3) is 0 Å². The van der Waals surface area contributed by atoms with Gasteiger partial charge in [-0.2, -0.15) is 0 Å². The molecule has 0 amide bonds. The van der Waals surface area contributed by atoms with Gasteiger partial charge in [-0.3, -0.25) is 0 Å². The number of fused-ring (bicyclic) bond motifs is 1. The lowest BCUT2D eigenvalue weighted by molar-refractivity contribution is 0.0654. The number of hydrogen-bond donors (Lipinski definition) is 1. The van der Waals surface area contributed by atoms with Crippen molar-refractivity contribution in [1.82, 2.24) is 0 Å². The maximum atomic E-state index is 13.3. The third-order valence-corrected chi connectivity index (χ3v) is 3.80. The van der Waals surface area contributed by atoms with Crippen LogP contribution < -0.4 is 4.74 Å². The lowest BCUT2D eigenvalue weighted by atomic mass is 9.94. The van der Waals surface area contributed by atoms with Gasteiger partial charge in [-0.1, -0.05) is 31.2 Å². The van der Waals surface area contributed by atoms with Gasteiger partial charge in [0.1, 0.15) is 17.7 Å². The lowest BCUT2D eigenvalue weighted by Gasteiger charge is -2.30. The van der Waals surface area contributed by atoms with Crippen LogP contribution in [0.15, 0.2) is 42.5 Å². The van der Waals surface area contributed by atoms with Crippen molar-refractivity contribution in [2.24, 2.45) is 0 Å². The fourth-order valence-electron chi connectivity index (χ4n) is 2.59. The Balaban J connectivity index is 1.89. The van der Waals surface area contributed by atoms with E-state index in [4.69, 9.17) is 4.74 Å². The molecule has 0 saturated carbocycles. The van der Waals surface area contributed by atoms with Gasteiger partial charge in [-0.05, 0) is 29.7 Å². The number of halogens is 1. The molecule has 2 nitrogen and oxygen atoms in total. The van der Waals surface area contributed by atoms with Gasteiger partial charge in [0.05, 0.1) is 6.10 Å². The van der Waals surface area contributed by atoms with Gasteiger partial charge in [0.25, 0.3) is 0 Å². The van der Waals surface area contributed by atoms with Crippen LogP contribution in [-0.2, 0) is 6.42 Å². The number of rotatable bonds is 2. The number of aliphatic hydroxyl groups is 1. The van der Waals surface area contributed by atoms with E-state index in [0.717, 1.165) is 12.0 Å². The van der Waals surface area contributed by atoms with Crippen LogP contribution in [0.3, 0.4) is 0 Å². The molecule has 0 aliphatic carbocycles. The zero-order valence-corrected chi connectivity index (χ0v) is 11.3. The SMILES string of the molecule is CCc1ccc(C2CC(O)c3ccc(F)cc3O2)cc1. The molecular formula is C17H17FO2. The van der Waals surface area contributed by atoms with E-state index in [9.17, 15) is 9.50 Å². The van der Waals surface area contributed by atoms with E-state index >= 15 is 0 Å². The minimum atomic E-state index is -0.616. The van der Waals surface area contributed by atoms with Crippen molar-refractivity contribution in [3.05, 3.63) is 65.0 Å². The second-order valence-electron chi connectivity index (χ2n) is 5.14. The average molecular weight is 272 g/mol. The molecule has 2 atom stereocenters. The summed E-state index contributed by atoms with van der Waals surface area (Å²) < 4.78 is 19.1. The fraction of sp³-hybridized carbons (Fsp3) is 0.294. The first-order valence-corrected chi connectivity index (χ1v) is 6.90. The molecule has 0 fully saturated rings. The predicted octanol–water partition coefficient (Wildman–Crippen LogP) is 3.95. The highest BCUT2D eigenvalue weighted by atomic mass is 19.1. The van der Waals surface area contributed by atoms with Gasteiger partial charge < -0.3 is 9.84 Å². The second-order valence-corrected chi connectivity index (χ2v) is 5.14. The number of ether oxygens (including phenoxy) is 1. The Hall–Kier alpha value is -1.87. The first-order valence-electron chi connectivity index (χ1n) is 6.90. The summed E-state index contributed by atoms with van der Waals surface area (Å²) in [7, 11) is 0. The summed E-state index contributed by atoms with van der Waals surface area (Å²) in [6.07, 6.45) is 0.632. The van der Waals surface area contributed by atoms with E-state index < -0.39 is 6.10 Å². The van der Waals surface area contributed by atoms with E-state index in [-0.39, 0.29) is 11.9 Å². The normalized spacial score (nSPS) is 21.1. The zero-order chi connectivity index (χ0) is 14.1. The Morgan fingerprint density at radius 2 is 1.95 bits per heavy atom. The highest BCUT2D eigenvalue weighted by molar-refractivity contribution is 5.39. The van der Waals surface area contributed by atoms with E-state index in [1.807, 2.05) is 12.1 Å². The molecule has 2 aromatic carbocycles. The number of aryl methyl sites for hydroxylation is 1. The van der Waals surface area contributed by atoms with Crippen molar-refractivity contribution in [1.29, 1.82) is 0 Å². The molecule has 1 aliphatic heterocycles. The maximum absolute atomic E-state index is 13.3. The minimum Gasteiger partial charge on any atom is -0.485 e. The van der Waals surface area contributed by atoms with Crippen LogP contribution in [0.2, 0.25) is 0 Å². The maximum Gasteiger partial charge on any atom is 0.128 e. The van der Waals surface area contributed by atoms with E-state index in [1.54, 1.807) is 6.07 Å². The second kappa shape index (κ2) is 5.25. The summed E-state index contributed by atoms with van der Waals surface area (Å²) in [5.74, 6) is 0.0891. The first-order chi connectivity index (χ1) is 9.67. The molecule has 0 spiro atoms. The summed E-state index contributed by atoms with van der Waals surface area (Å²) >= 11 is 0. The van der Waals surface area contributed by atoms with Crippen LogP contribution >= 0.6 is 0 Å². The number of benzene rings is 2. The number of aliphatic hydroxyl groups excluding tert-OH is 1. The van der Waals surface area contributed by atoms with Crippen molar-refractivity contribution in [2.45, 2.75) is 32.0 Å². The van der Waals surface area contributed by atoms with E-state index in [0.29, 0.717) is 17.7 Å². The fourth-order valence-corrected chi connectivity index (χ4v) is 2.59. The first kappa shape index (κ1) is 13.1. The Labute approximate surface area is 117 Å². The topological polar surface area (TPSA) is 29.5 Å². The highest BCUT2D eigenvalue weighted by Gasteiger charge is 2.28. The lowest BCUT2D eigenvalue weighted by Crippen LogP contribution is -2.19. The molecule has 2 unspecified atom stereocenters. The summed E-state index contributed by atoms with van der Waals surface area (Å²) in [6.45, 7) is 2.11. The van der Waals surface area contributed by atoms with Crippen molar-refractivity contribution in [3.63, 3.8) is 0 Å². The van der Waals surface area contributed by atoms with Gasteiger partial charge in [0, 0.05) is 18.1 Å². The Bertz CT molecular complexity index is 607. The van der Waals surface area contributed by atoms with Gasteiger partial charge in [0.2, 0.25) is 0 Å². The minimum absolute atomic E-state index is 0.231. The molecule has 20 heavy (non-hydrogen) atoms. The van der Waals surface area contributed by atoms with Crippen LogP contribution in [0.4, 0.5) is 4.39 Å². The molecule has 1 aliphatic rings. The third-order valence-electron chi connectivity index (χ3n) is 3.80. The van der Waals surface area contributed by atoms with E-state index in [1.165, 1.54) is 17.7 Å². The summed E-state index contributed by atoms with van der Waals surface area (Å²) in [4.78, 5) is 0. The van der Waals surface area contributed by atoms with Crippen molar-refractivity contribution < 1.29 is 14.2 Å². The molecule has 0 radical (unpaired) electrons. The van der Waals surface area contributed by atoms with Gasteiger partial charge >= 0.3 is 0 Å². The van der Waals surface area contributed by atoms with Gasteiger partial charge in [0.15, 0.2) is 0 Å². The Morgan fingerprint density at radius 3 is 2.65 bits per heavy atom. The monoisotopic (exact) mass is 272 g/mol. The third kappa shape index (κ3) is 2.41. The Morgan fingerprint density at radius 1 is 1.20 bits per heavy atom. The molecule has 104 valence electrons. The Kier molecular flexibility index (Phi) is 3.45. The molecule has 1 heterocycles. The van der Waals surface area contributed by atoms with Crippen molar-refractivity contribution in [2.75, 3.05) is 0 Å². The zero-order valence-electron chi connectivity index (χ0n) is 11.3. The smallest absolute Gasteiger partial charge is 0.128 e. The van der Waals surface area contributed by atoms with Gasteiger partial charge in [-0.25, -0.2) is 4.39 Å². The van der Waals surface area contributed by atoms with Crippen molar-refractivity contribution >= 4 is 0 Å². The molecule has 0 aromatic heterocycles. The molecule has 0 saturated heterocycles. The molecule has 0 bridgehead atoms. The predicted molar refractivity (Wildman–Crippen MR) is 75.2 cm³/mol. The van der Waals surface area contributed by atoms with Crippen molar-refractivity contribution in [3.8, 4) is 5.75 Å².